The van der Waals surface area contributed by atoms with Crippen molar-refractivity contribution in [2.24, 2.45) is 0 Å². The first-order valence-electron chi connectivity index (χ1n) is 9.74. The fourth-order valence-electron chi connectivity index (χ4n) is 3.22. The molecule has 2 aromatic carbocycles. The van der Waals surface area contributed by atoms with E-state index in [-0.39, 0.29) is 17.9 Å². The molecule has 0 radical (unpaired) electrons. The molecule has 156 valence electrons. The second kappa shape index (κ2) is 9.08. The minimum Gasteiger partial charge on any atom is -0.493 e. The van der Waals surface area contributed by atoms with Crippen LogP contribution in [0.5, 0.6) is 5.75 Å². The quantitative estimate of drug-likeness (QED) is 0.381. The van der Waals surface area contributed by atoms with Gasteiger partial charge in [-0.15, -0.1) is 0 Å². The Morgan fingerprint density at radius 2 is 1.74 bits per heavy atom. The van der Waals surface area contributed by atoms with Crippen LogP contribution in [0.15, 0.2) is 76.7 Å². The van der Waals surface area contributed by atoms with E-state index in [4.69, 9.17) is 4.74 Å². The van der Waals surface area contributed by atoms with Gasteiger partial charge in [0.1, 0.15) is 5.75 Å². The summed E-state index contributed by atoms with van der Waals surface area (Å²) in [6, 6.07) is 16.5. The molecule has 0 bridgehead atoms. The Morgan fingerprint density at radius 3 is 2.48 bits per heavy atom. The molecule has 4 aromatic rings. The third kappa shape index (κ3) is 5.05. The molecule has 2 heterocycles. The van der Waals surface area contributed by atoms with Crippen LogP contribution >= 0.6 is 0 Å². The Bertz CT molecular complexity index is 1260. The second-order valence-corrected chi connectivity index (χ2v) is 6.98. The predicted molar refractivity (Wildman–Crippen MR) is 115 cm³/mol. The highest BCUT2D eigenvalue weighted by atomic mass is 16.5. The molecule has 0 amide bonds. The smallest absolute Gasteiger partial charge is 0.326 e. The molecule has 4 rings (SSSR count). The number of hydrogen-bond acceptors (Lipinski definition) is 5. The molecule has 8 heteroatoms. The second-order valence-electron chi connectivity index (χ2n) is 6.98. The number of ether oxygens (including phenoxy) is 1. The van der Waals surface area contributed by atoms with E-state index >= 15 is 0 Å². The maximum atomic E-state index is 12.3. The molecule has 0 aliphatic carbocycles. The lowest BCUT2D eigenvalue weighted by Gasteiger charge is -2.10. The van der Waals surface area contributed by atoms with Gasteiger partial charge in [-0.3, -0.25) is 14.6 Å². The van der Waals surface area contributed by atoms with Crippen LogP contribution in [0.4, 0.5) is 0 Å². The Labute approximate surface area is 177 Å². The van der Waals surface area contributed by atoms with Gasteiger partial charge in [0.05, 0.1) is 30.5 Å². The number of para-hydroxylation sites is 1. The summed E-state index contributed by atoms with van der Waals surface area (Å²) in [6.45, 7) is 0.497. The molecule has 0 fully saturated rings. The molecule has 0 unspecified atom stereocenters. The Hall–Kier alpha value is -4.20. The monoisotopic (exact) mass is 416 g/mol. The highest BCUT2D eigenvalue weighted by Crippen LogP contribution is 2.27. The van der Waals surface area contributed by atoms with E-state index in [9.17, 15) is 14.4 Å². The zero-order valence-corrected chi connectivity index (χ0v) is 16.6. The predicted octanol–water partition coefficient (Wildman–Crippen LogP) is 2.50. The van der Waals surface area contributed by atoms with Crippen molar-refractivity contribution in [1.82, 2.24) is 19.9 Å². The number of imidazole rings is 1. The number of Topliss-reactive ketones (excluding diaryl/α,β-unsaturated/α-hetero) is 1. The molecule has 0 aliphatic heterocycles. The molecular weight excluding hydrogens is 396 g/mol. The van der Waals surface area contributed by atoms with Gasteiger partial charge in [-0.25, -0.2) is 9.78 Å². The number of nitrogens with one attached hydrogen (secondary N) is 3. The lowest BCUT2D eigenvalue weighted by atomic mass is 10.0. The first-order chi connectivity index (χ1) is 15.1. The molecule has 0 saturated heterocycles. The van der Waals surface area contributed by atoms with E-state index in [1.54, 1.807) is 12.5 Å². The van der Waals surface area contributed by atoms with E-state index in [0.29, 0.717) is 13.0 Å². The van der Waals surface area contributed by atoms with Gasteiger partial charge in [-0.05, 0) is 23.3 Å². The molecule has 2 aromatic heterocycles. The summed E-state index contributed by atoms with van der Waals surface area (Å²) in [5.74, 6) is 0.454. The molecule has 0 saturated carbocycles. The Morgan fingerprint density at radius 1 is 0.968 bits per heavy atom. The number of ketones is 1. The van der Waals surface area contributed by atoms with Gasteiger partial charge in [0.25, 0.3) is 5.56 Å². The number of carbonyl (C=O) groups is 1. The van der Waals surface area contributed by atoms with Crippen LogP contribution in [0.3, 0.4) is 0 Å². The summed E-state index contributed by atoms with van der Waals surface area (Å²) in [6.07, 6.45) is 4.18. The van der Waals surface area contributed by atoms with Crippen molar-refractivity contribution >= 4 is 5.78 Å². The average Bonchev–Trinajstić information content (AvgIpc) is 3.29. The van der Waals surface area contributed by atoms with Gasteiger partial charge >= 0.3 is 5.69 Å². The van der Waals surface area contributed by atoms with Crippen LogP contribution < -0.4 is 16.0 Å². The van der Waals surface area contributed by atoms with Gasteiger partial charge in [-0.1, -0.05) is 36.4 Å². The molecule has 0 atom stereocenters. The minimum atomic E-state index is -0.694. The van der Waals surface area contributed by atoms with E-state index in [1.807, 2.05) is 53.5 Å². The zero-order chi connectivity index (χ0) is 21.6. The summed E-state index contributed by atoms with van der Waals surface area (Å²) >= 11 is 0. The number of carbonyl (C=O) groups excluding carboxylic acids is 1. The number of aromatic amines is 3. The van der Waals surface area contributed by atoms with Gasteiger partial charge in [0.15, 0.2) is 5.78 Å². The van der Waals surface area contributed by atoms with Crippen LogP contribution in [0.25, 0.3) is 11.3 Å². The number of aromatic nitrogens is 4. The molecule has 0 spiro atoms. The molecule has 3 N–H and O–H groups in total. The van der Waals surface area contributed by atoms with Crippen LogP contribution in [0, 0.1) is 0 Å². The molecule has 0 aliphatic rings. The largest absolute Gasteiger partial charge is 0.493 e. The molecule has 31 heavy (non-hydrogen) atoms. The maximum Gasteiger partial charge on any atom is 0.326 e. The summed E-state index contributed by atoms with van der Waals surface area (Å²) < 4.78 is 5.97. The number of nitrogens with zero attached hydrogens (tertiary/aromatic N) is 1. The topological polar surface area (TPSA) is 121 Å². The summed E-state index contributed by atoms with van der Waals surface area (Å²) in [7, 11) is 0. The standard InChI is InChI=1S/C23H20N4O4/c28-20(18-12-22(29)27-23(30)26-18)11-16-7-5-15(6-8-16)9-10-31-21-4-2-1-3-17(21)19-13-24-14-25-19/h1-8,12-14H,9-11H2,(H,24,25)(H2,26,27,29,30). The van der Waals surface area contributed by atoms with E-state index < -0.39 is 11.2 Å². The summed E-state index contributed by atoms with van der Waals surface area (Å²) in [5.41, 5.74) is 2.41. The fraction of sp³-hybridized carbons (Fsp3) is 0.130. The van der Waals surface area contributed by atoms with Crippen molar-refractivity contribution in [3.8, 4) is 17.0 Å². The third-order valence-electron chi connectivity index (χ3n) is 4.77. The van der Waals surface area contributed by atoms with Crippen molar-refractivity contribution in [2.75, 3.05) is 6.61 Å². The third-order valence-corrected chi connectivity index (χ3v) is 4.77. The van der Waals surface area contributed by atoms with Crippen LogP contribution in [-0.4, -0.2) is 32.3 Å². The zero-order valence-electron chi connectivity index (χ0n) is 16.6. The van der Waals surface area contributed by atoms with Crippen molar-refractivity contribution < 1.29 is 9.53 Å². The molecular formula is C23H20N4O4. The maximum absolute atomic E-state index is 12.3. The Balaban J connectivity index is 1.35. The van der Waals surface area contributed by atoms with Crippen molar-refractivity contribution in [3.63, 3.8) is 0 Å². The van der Waals surface area contributed by atoms with E-state index in [0.717, 1.165) is 34.2 Å². The van der Waals surface area contributed by atoms with Gasteiger partial charge < -0.3 is 14.7 Å². The lowest BCUT2D eigenvalue weighted by molar-refractivity contribution is 0.0987. The minimum absolute atomic E-state index is 0.00200. The van der Waals surface area contributed by atoms with Crippen molar-refractivity contribution in [2.45, 2.75) is 12.8 Å². The van der Waals surface area contributed by atoms with E-state index in [1.165, 1.54) is 0 Å². The van der Waals surface area contributed by atoms with Crippen LogP contribution in [0.1, 0.15) is 21.6 Å². The van der Waals surface area contributed by atoms with Crippen molar-refractivity contribution in [1.29, 1.82) is 0 Å². The van der Waals surface area contributed by atoms with Crippen LogP contribution in [-0.2, 0) is 12.8 Å². The summed E-state index contributed by atoms with van der Waals surface area (Å²) in [4.78, 5) is 46.5. The van der Waals surface area contributed by atoms with Crippen LogP contribution in [0.2, 0.25) is 0 Å². The fourth-order valence-corrected chi connectivity index (χ4v) is 3.22. The molecule has 8 nitrogen and oxygen atoms in total. The number of benzene rings is 2. The Kier molecular flexibility index (Phi) is 5.89. The highest BCUT2D eigenvalue weighted by Gasteiger charge is 2.10. The SMILES string of the molecule is O=C(Cc1ccc(CCOc2ccccc2-c2cnc[nH]2)cc1)c1cc(=O)[nH]c(=O)[nH]1. The number of hydrogen-bond donors (Lipinski definition) is 3. The normalized spacial score (nSPS) is 10.7. The van der Waals surface area contributed by atoms with Gasteiger partial charge in [-0.2, -0.15) is 0 Å². The van der Waals surface area contributed by atoms with E-state index in [2.05, 4.69) is 15.0 Å². The first kappa shape index (κ1) is 20.1. The summed E-state index contributed by atoms with van der Waals surface area (Å²) in [5, 5.41) is 0. The van der Waals surface area contributed by atoms with Gasteiger partial charge in [0.2, 0.25) is 0 Å². The number of rotatable bonds is 8. The number of H-pyrrole nitrogens is 3. The lowest BCUT2D eigenvalue weighted by Crippen LogP contribution is -2.25. The first-order valence-corrected chi connectivity index (χ1v) is 9.74. The van der Waals surface area contributed by atoms with Gasteiger partial charge in [0, 0.05) is 24.5 Å². The highest BCUT2D eigenvalue weighted by molar-refractivity contribution is 5.95. The van der Waals surface area contributed by atoms with Crippen molar-refractivity contribution in [3.05, 3.63) is 105 Å². The average molecular weight is 416 g/mol.